The van der Waals surface area contributed by atoms with Crippen molar-refractivity contribution in [3.63, 3.8) is 0 Å². The molecule has 0 spiro atoms. The molecular formula is C12H21NO8. The molecule has 0 saturated carbocycles. The van der Waals surface area contributed by atoms with Crippen LogP contribution in [0.3, 0.4) is 0 Å². The fourth-order valence-electron chi connectivity index (χ4n) is 2.02. The summed E-state index contributed by atoms with van der Waals surface area (Å²) in [6.07, 6.45) is -6.32. The van der Waals surface area contributed by atoms with Gasteiger partial charge in [-0.15, -0.1) is 0 Å². The van der Waals surface area contributed by atoms with Gasteiger partial charge in [0.2, 0.25) is 0 Å². The van der Waals surface area contributed by atoms with E-state index < -0.39 is 49.3 Å². The first kappa shape index (κ1) is 18.0. The number of hydrogen-bond donors (Lipinski definition) is 5. The lowest BCUT2D eigenvalue weighted by Crippen LogP contribution is -2.65. The van der Waals surface area contributed by atoms with Crippen molar-refractivity contribution >= 4 is 11.8 Å². The van der Waals surface area contributed by atoms with Crippen LogP contribution in [0.25, 0.3) is 0 Å². The lowest BCUT2D eigenvalue weighted by Gasteiger charge is -2.43. The van der Waals surface area contributed by atoms with E-state index in [9.17, 15) is 19.8 Å². The number of carboxylic acid groups (broad SMARTS) is 1. The summed E-state index contributed by atoms with van der Waals surface area (Å²) in [5, 5.41) is 40.6. The monoisotopic (exact) mass is 307 g/mol. The highest BCUT2D eigenvalue weighted by atomic mass is 16.6. The third-order valence-corrected chi connectivity index (χ3v) is 3.17. The SMILES string of the molecule is CC(=O)CN[C@H]1C(O)O[C@H](CO)[C@@H](O)[C@@H]1O[C@H](C)C(=O)O. The molecule has 0 amide bonds. The highest BCUT2D eigenvalue weighted by molar-refractivity contribution is 5.77. The summed E-state index contributed by atoms with van der Waals surface area (Å²) < 4.78 is 10.3. The van der Waals surface area contributed by atoms with Gasteiger partial charge in [-0.25, -0.2) is 4.79 Å². The second kappa shape index (κ2) is 7.78. The van der Waals surface area contributed by atoms with E-state index in [-0.39, 0.29) is 12.3 Å². The largest absolute Gasteiger partial charge is 0.479 e. The van der Waals surface area contributed by atoms with Crippen molar-refractivity contribution in [3.8, 4) is 0 Å². The molecule has 1 heterocycles. The van der Waals surface area contributed by atoms with Crippen LogP contribution in [0.4, 0.5) is 0 Å². The first-order chi connectivity index (χ1) is 9.77. The Balaban J connectivity index is 2.88. The molecular weight excluding hydrogens is 286 g/mol. The van der Waals surface area contributed by atoms with Crippen molar-refractivity contribution in [1.29, 1.82) is 0 Å². The van der Waals surface area contributed by atoms with Crippen LogP contribution in [0.2, 0.25) is 0 Å². The lowest BCUT2D eigenvalue weighted by molar-refractivity contribution is -0.267. The molecule has 0 bridgehead atoms. The molecule has 1 rings (SSSR count). The van der Waals surface area contributed by atoms with Crippen molar-refractivity contribution in [2.24, 2.45) is 0 Å². The van der Waals surface area contributed by atoms with E-state index in [4.69, 9.17) is 19.7 Å². The lowest BCUT2D eigenvalue weighted by atomic mass is 9.96. The molecule has 1 aliphatic rings. The molecule has 1 aliphatic heterocycles. The molecule has 6 atom stereocenters. The minimum Gasteiger partial charge on any atom is -0.479 e. The second-order valence-corrected chi connectivity index (χ2v) is 4.93. The molecule has 0 radical (unpaired) electrons. The van der Waals surface area contributed by atoms with Gasteiger partial charge in [0.25, 0.3) is 0 Å². The van der Waals surface area contributed by atoms with Crippen molar-refractivity contribution in [2.75, 3.05) is 13.2 Å². The Labute approximate surface area is 121 Å². The third kappa shape index (κ3) is 4.70. The summed E-state index contributed by atoms with van der Waals surface area (Å²) in [5.74, 6) is -1.46. The van der Waals surface area contributed by atoms with Crippen LogP contribution < -0.4 is 5.32 Å². The van der Waals surface area contributed by atoms with Gasteiger partial charge in [0.15, 0.2) is 12.4 Å². The zero-order chi connectivity index (χ0) is 16.2. The Kier molecular flexibility index (Phi) is 6.65. The standard InChI is InChI=1S/C12H21NO8/c1-5(15)3-13-8-10(20-6(2)11(17)18)9(16)7(4-14)21-12(8)19/h6-10,12-14,16,19H,3-4H2,1-2H3,(H,17,18)/t6-,7-,8-,9-,10-,12?/m1/s1. The summed E-state index contributed by atoms with van der Waals surface area (Å²) in [6, 6.07) is -1.01. The molecule has 1 saturated heterocycles. The number of aliphatic carboxylic acids is 1. The Morgan fingerprint density at radius 1 is 1.38 bits per heavy atom. The van der Waals surface area contributed by atoms with Crippen LogP contribution in [-0.2, 0) is 19.1 Å². The predicted molar refractivity (Wildman–Crippen MR) is 68.4 cm³/mol. The molecule has 9 heteroatoms. The number of ether oxygens (including phenoxy) is 2. The number of aliphatic hydroxyl groups excluding tert-OH is 3. The van der Waals surface area contributed by atoms with Crippen LogP contribution in [0.1, 0.15) is 13.8 Å². The van der Waals surface area contributed by atoms with Gasteiger partial charge in [-0.1, -0.05) is 0 Å². The molecule has 0 aromatic rings. The van der Waals surface area contributed by atoms with E-state index in [0.717, 1.165) is 0 Å². The predicted octanol–water partition coefficient (Wildman–Crippen LogP) is -2.54. The van der Waals surface area contributed by atoms with E-state index in [2.05, 4.69) is 5.32 Å². The van der Waals surface area contributed by atoms with Gasteiger partial charge in [-0.2, -0.15) is 0 Å². The minimum absolute atomic E-state index is 0.108. The normalized spacial score (nSPS) is 34.4. The summed E-state index contributed by atoms with van der Waals surface area (Å²) >= 11 is 0. The molecule has 122 valence electrons. The summed E-state index contributed by atoms with van der Waals surface area (Å²) in [4.78, 5) is 21.9. The molecule has 0 aromatic carbocycles. The Hall–Kier alpha value is -1.10. The van der Waals surface area contributed by atoms with Crippen molar-refractivity contribution in [3.05, 3.63) is 0 Å². The number of carboxylic acids is 1. The Bertz CT molecular complexity index is 376. The van der Waals surface area contributed by atoms with Gasteiger partial charge in [0, 0.05) is 0 Å². The number of hydrogen-bond acceptors (Lipinski definition) is 8. The van der Waals surface area contributed by atoms with Gasteiger partial charge in [-0.05, 0) is 13.8 Å². The zero-order valence-electron chi connectivity index (χ0n) is 11.8. The summed E-state index contributed by atoms with van der Waals surface area (Å²) in [6.45, 7) is 1.92. The van der Waals surface area contributed by atoms with E-state index >= 15 is 0 Å². The summed E-state index contributed by atoms with van der Waals surface area (Å²) in [7, 11) is 0. The number of rotatable bonds is 7. The van der Waals surface area contributed by atoms with Crippen LogP contribution in [0.5, 0.6) is 0 Å². The molecule has 21 heavy (non-hydrogen) atoms. The van der Waals surface area contributed by atoms with Crippen LogP contribution >= 0.6 is 0 Å². The summed E-state index contributed by atoms with van der Waals surface area (Å²) in [5.41, 5.74) is 0. The van der Waals surface area contributed by atoms with Gasteiger partial charge < -0.3 is 35.2 Å². The Morgan fingerprint density at radius 3 is 2.48 bits per heavy atom. The van der Waals surface area contributed by atoms with Gasteiger partial charge >= 0.3 is 5.97 Å². The van der Waals surface area contributed by atoms with Gasteiger partial charge in [0.1, 0.15) is 24.1 Å². The average Bonchev–Trinajstić information content (AvgIpc) is 2.41. The highest BCUT2D eigenvalue weighted by Gasteiger charge is 2.46. The van der Waals surface area contributed by atoms with Gasteiger partial charge in [0.05, 0.1) is 19.2 Å². The zero-order valence-corrected chi connectivity index (χ0v) is 11.8. The third-order valence-electron chi connectivity index (χ3n) is 3.17. The second-order valence-electron chi connectivity index (χ2n) is 4.93. The molecule has 5 N–H and O–H groups in total. The molecule has 9 nitrogen and oxygen atoms in total. The van der Waals surface area contributed by atoms with E-state index in [0.29, 0.717) is 0 Å². The van der Waals surface area contributed by atoms with Crippen LogP contribution in [0.15, 0.2) is 0 Å². The number of aliphatic hydroxyl groups is 3. The van der Waals surface area contributed by atoms with Crippen molar-refractivity contribution in [1.82, 2.24) is 5.32 Å². The van der Waals surface area contributed by atoms with Crippen molar-refractivity contribution in [2.45, 2.75) is 50.6 Å². The number of Topliss-reactive ketones (excluding diaryl/α,β-unsaturated/α-hetero) is 1. The fraction of sp³-hybridized carbons (Fsp3) is 0.833. The maximum absolute atomic E-state index is 11.0. The number of nitrogens with one attached hydrogen (secondary N) is 1. The highest BCUT2D eigenvalue weighted by Crippen LogP contribution is 2.23. The molecule has 1 unspecified atom stereocenters. The van der Waals surface area contributed by atoms with Crippen LogP contribution in [-0.4, -0.2) is 82.1 Å². The fourth-order valence-corrected chi connectivity index (χ4v) is 2.02. The van der Waals surface area contributed by atoms with E-state index in [1.165, 1.54) is 13.8 Å². The maximum Gasteiger partial charge on any atom is 0.332 e. The van der Waals surface area contributed by atoms with E-state index in [1.807, 2.05) is 0 Å². The number of carbonyl (C=O) groups excluding carboxylic acids is 1. The average molecular weight is 307 g/mol. The molecule has 0 aromatic heterocycles. The van der Waals surface area contributed by atoms with E-state index in [1.54, 1.807) is 0 Å². The minimum atomic E-state index is -1.46. The number of ketones is 1. The molecule has 1 fully saturated rings. The quantitative estimate of drug-likeness (QED) is 0.343. The Morgan fingerprint density at radius 2 is 2.00 bits per heavy atom. The molecule has 0 aliphatic carbocycles. The topological polar surface area (TPSA) is 146 Å². The van der Waals surface area contributed by atoms with Crippen LogP contribution in [0, 0.1) is 0 Å². The van der Waals surface area contributed by atoms with Crippen molar-refractivity contribution < 1.29 is 39.5 Å². The first-order valence-electron chi connectivity index (χ1n) is 6.51. The smallest absolute Gasteiger partial charge is 0.332 e. The number of carbonyl (C=O) groups is 2. The maximum atomic E-state index is 11.0. The first-order valence-corrected chi connectivity index (χ1v) is 6.51. The van der Waals surface area contributed by atoms with Gasteiger partial charge in [-0.3, -0.25) is 4.79 Å².